The zero-order valence-corrected chi connectivity index (χ0v) is 21.5. The van der Waals surface area contributed by atoms with E-state index >= 15 is 0 Å². The van der Waals surface area contributed by atoms with Crippen LogP contribution in [0.3, 0.4) is 0 Å². The monoisotopic (exact) mass is 498 g/mol. The highest BCUT2D eigenvalue weighted by Gasteiger charge is 2.51. The van der Waals surface area contributed by atoms with Crippen LogP contribution in [0.4, 0.5) is 4.79 Å². The van der Waals surface area contributed by atoms with Crippen LogP contribution < -0.4 is 10.1 Å². The summed E-state index contributed by atoms with van der Waals surface area (Å²) in [6.45, 7) is 5.45. The number of nitrogens with one attached hydrogen (secondary N) is 1. The first-order chi connectivity index (χ1) is 18.1. The van der Waals surface area contributed by atoms with Crippen molar-refractivity contribution in [3.05, 3.63) is 102 Å². The Morgan fingerprint density at radius 3 is 1.92 bits per heavy atom. The molecule has 0 bridgehead atoms. The first kappa shape index (κ1) is 25.0. The number of carbonyl (C=O) groups is 2. The van der Waals surface area contributed by atoms with E-state index in [-0.39, 0.29) is 24.6 Å². The van der Waals surface area contributed by atoms with E-state index in [1.807, 2.05) is 43.3 Å². The number of ether oxygens (including phenoxy) is 1. The Labute approximate surface area is 218 Å². The molecular formula is C30H34N4O3. The topological polar surface area (TPSA) is 65.1 Å². The predicted octanol–water partition coefficient (Wildman–Crippen LogP) is 4.22. The van der Waals surface area contributed by atoms with Crippen LogP contribution in [-0.2, 0) is 10.3 Å². The molecule has 2 heterocycles. The lowest BCUT2D eigenvalue weighted by Crippen LogP contribution is -2.52. The summed E-state index contributed by atoms with van der Waals surface area (Å²) >= 11 is 0. The first-order valence-electron chi connectivity index (χ1n) is 12.9. The Hall–Kier alpha value is -3.68. The summed E-state index contributed by atoms with van der Waals surface area (Å²) < 4.78 is 5.26. The van der Waals surface area contributed by atoms with Gasteiger partial charge in [-0.3, -0.25) is 14.6 Å². The molecule has 2 aliphatic heterocycles. The summed E-state index contributed by atoms with van der Waals surface area (Å²) in [4.78, 5) is 32.7. The Bertz CT molecular complexity index is 1170. The number of imide groups is 1. The van der Waals surface area contributed by atoms with Crippen molar-refractivity contribution in [1.29, 1.82) is 0 Å². The average Bonchev–Trinajstić information content (AvgIpc) is 3.20. The lowest BCUT2D eigenvalue weighted by Gasteiger charge is -2.40. The van der Waals surface area contributed by atoms with E-state index in [0.717, 1.165) is 31.7 Å². The lowest BCUT2D eigenvalue weighted by atomic mass is 9.87. The maximum atomic E-state index is 13.6. The van der Waals surface area contributed by atoms with Crippen molar-refractivity contribution in [2.45, 2.75) is 24.9 Å². The third kappa shape index (κ3) is 4.84. The van der Waals surface area contributed by atoms with E-state index in [4.69, 9.17) is 4.74 Å². The fraction of sp³-hybridized carbons (Fsp3) is 0.333. The Morgan fingerprint density at radius 2 is 1.41 bits per heavy atom. The van der Waals surface area contributed by atoms with Crippen molar-refractivity contribution in [2.75, 3.05) is 40.0 Å². The second kappa shape index (κ2) is 10.7. The minimum Gasteiger partial charge on any atom is -0.497 e. The number of amides is 3. The molecule has 1 N–H and O–H groups in total. The number of urea groups is 1. The number of benzene rings is 3. The van der Waals surface area contributed by atoms with E-state index in [1.165, 1.54) is 16.0 Å². The van der Waals surface area contributed by atoms with Crippen LogP contribution in [0.5, 0.6) is 5.75 Å². The van der Waals surface area contributed by atoms with Crippen LogP contribution in [0.1, 0.15) is 36.1 Å². The van der Waals surface area contributed by atoms with Gasteiger partial charge in [-0.1, -0.05) is 79.7 Å². The number of methoxy groups -OCH3 is 1. The van der Waals surface area contributed by atoms with E-state index in [9.17, 15) is 9.59 Å². The SMILES string of the molecule is CCC1(c2ccc(OC)cc2)NC(=O)N(CN2CCN(C(c3ccccc3)c3ccccc3)CC2)C1=O. The molecule has 3 aromatic rings. The van der Waals surface area contributed by atoms with Gasteiger partial charge in [0, 0.05) is 26.2 Å². The fourth-order valence-corrected chi connectivity index (χ4v) is 5.52. The van der Waals surface area contributed by atoms with Gasteiger partial charge in [0.1, 0.15) is 11.3 Å². The number of rotatable bonds is 8. The van der Waals surface area contributed by atoms with E-state index in [0.29, 0.717) is 12.2 Å². The molecule has 1 unspecified atom stereocenters. The molecule has 0 saturated carbocycles. The Morgan fingerprint density at radius 1 is 0.838 bits per heavy atom. The smallest absolute Gasteiger partial charge is 0.326 e. The van der Waals surface area contributed by atoms with Gasteiger partial charge >= 0.3 is 6.03 Å². The first-order valence-corrected chi connectivity index (χ1v) is 12.9. The van der Waals surface area contributed by atoms with Crippen molar-refractivity contribution in [2.24, 2.45) is 0 Å². The number of hydrogen-bond donors (Lipinski definition) is 1. The number of nitrogens with zero attached hydrogens (tertiary/aromatic N) is 3. The zero-order chi connectivity index (χ0) is 25.8. The molecule has 3 amide bonds. The highest BCUT2D eigenvalue weighted by atomic mass is 16.5. The highest BCUT2D eigenvalue weighted by Crippen LogP contribution is 2.34. The normalized spacial score (nSPS) is 20.9. The molecule has 0 radical (unpaired) electrons. The molecule has 1 atom stereocenters. The molecule has 2 fully saturated rings. The van der Waals surface area contributed by atoms with Crippen LogP contribution in [0.15, 0.2) is 84.9 Å². The van der Waals surface area contributed by atoms with Gasteiger partial charge in [-0.2, -0.15) is 0 Å². The third-order valence-corrected chi connectivity index (χ3v) is 7.63. The molecule has 37 heavy (non-hydrogen) atoms. The summed E-state index contributed by atoms with van der Waals surface area (Å²) in [5.41, 5.74) is 2.26. The van der Waals surface area contributed by atoms with Crippen LogP contribution in [0.2, 0.25) is 0 Å². The molecule has 2 saturated heterocycles. The summed E-state index contributed by atoms with van der Waals surface area (Å²) in [6.07, 6.45) is 0.476. The van der Waals surface area contributed by atoms with Gasteiger partial charge in [0.05, 0.1) is 19.8 Å². The number of piperazine rings is 1. The molecule has 2 aliphatic rings. The van der Waals surface area contributed by atoms with E-state index < -0.39 is 5.54 Å². The number of carbonyl (C=O) groups excluding carboxylic acids is 2. The molecule has 5 rings (SSSR count). The molecule has 0 aromatic heterocycles. The molecule has 0 spiro atoms. The van der Waals surface area contributed by atoms with E-state index in [1.54, 1.807) is 7.11 Å². The predicted molar refractivity (Wildman–Crippen MR) is 143 cm³/mol. The summed E-state index contributed by atoms with van der Waals surface area (Å²) in [6, 6.07) is 28.4. The maximum Gasteiger partial charge on any atom is 0.326 e. The molecular weight excluding hydrogens is 464 g/mol. The lowest BCUT2D eigenvalue weighted by molar-refractivity contribution is -0.133. The summed E-state index contributed by atoms with van der Waals surface area (Å²) in [5, 5.41) is 2.99. The minimum absolute atomic E-state index is 0.170. The third-order valence-electron chi connectivity index (χ3n) is 7.63. The molecule has 7 heteroatoms. The van der Waals surface area contributed by atoms with Crippen LogP contribution in [-0.4, -0.2) is 66.6 Å². The van der Waals surface area contributed by atoms with Gasteiger partial charge in [0.15, 0.2) is 0 Å². The van der Waals surface area contributed by atoms with Gasteiger partial charge < -0.3 is 10.1 Å². The van der Waals surface area contributed by atoms with Crippen molar-refractivity contribution < 1.29 is 14.3 Å². The van der Waals surface area contributed by atoms with Crippen molar-refractivity contribution >= 4 is 11.9 Å². The van der Waals surface area contributed by atoms with Crippen LogP contribution >= 0.6 is 0 Å². The van der Waals surface area contributed by atoms with Gasteiger partial charge in [0.2, 0.25) is 0 Å². The van der Waals surface area contributed by atoms with Gasteiger partial charge in [-0.25, -0.2) is 9.69 Å². The molecule has 7 nitrogen and oxygen atoms in total. The molecule has 3 aromatic carbocycles. The highest BCUT2D eigenvalue weighted by molar-refractivity contribution is 6.07. The van der Waals surface area contributed by atoms with Crippen LogP contribution in [0.25, 0.3) is 0 Å². The van der Waals surface area contributed by atoms with Gasteiger partial charge in [-0.05, 0) is 35.2 Å². The number of hydrogen-bond acceptors (Lipinski definition) is 5. The summed E-state index contributed by atoms with van der Waals surface area (Å²) in [7, 11) is 1.61. The quantitative estimate of drug-likeness (QED) is 0.471. The molecule has 192 valence electrons. The van der Waals surface area contributed by atoms with E-state index in [2.05, 4.69) is 63.6 Å². The second-order valence-corrected chi connectivity index (χ2v) is 9.67. The minimum atomic E-state index is -1.04. The van der Waals surface area contributed by atoms with Crippen molar-refractivity contribution in [1.82, 2.24) is 20.0 Å². The largest absolute Gasteiger partial charge is 0.497 e. The fourth-order valence-electron chi connectivity index (χ4n) is 5.52. The maximum absolute atomic E-state index is 13.6. The summed E-state index contributed by atoms with van der Waals surface area (Å²) in [5.74, 6) is 0.518. The Balaban J connectivity index is 1.28. The molecule has 0 aliphatic carbocycles. The average molecular weight is 499 g/mol. The standard InChI is InChI=1S/C30H34N4O3/c1-3-30(25-14-16-26(37-2)17-15-25)28(35)34(29(36)31-30)22-32-18-20-33(21-19-32)27(23-10-6-4-7-11-23)24-12-8-5-9-13-24/h4-17,27H,3,18-22H2,1-2H3,(H,31,36). The Kier molecular flexibility index (Phi) is 7.26. The van der Waals surface area contributed by atoms with Gasteiger partial charge in [-0.15, -0.1) is 0 Å². The van der Waals surface area contributed by atoms with Crippen molar-refractivity contribution in [3.8, 4) is 5.75 Å². The zero-order valence-electron chi connectivity index (χ0n) is 21.5. The van der Waals surface area contributed by atoms with Crippen LogP contribution in [0, 0.1) is 0 Å². The van der Waals surface area contributed by atoms with Gasteiger partial charge in [0.25, 0.3) is 5.91 Å². The van der Waals surface area contributed by atoms with Crippen molar-refractivity contribution in [3.63, 3.8) is 0 Å². The second-order valence-electron chi connectivity index (χ2n) is 9.67.